The number of nitrogens with one attached hydrogen (secondary N) is 1. The number of ether oxygens (including phenoxy) is 1. The molecular weight excluding hydrogens is 268 g/mol. The third-order valence-corrected chi connectivity index (χ3v) is 5.15. The first-order chi connectivity index (χ1) is 9.60. The fraction of sp³-hybridized carbons (Fsp3) is 0.562. The summed E-state index contributed by atoms with van der Waals surface area (Å²) in [7, 11) is 0. The van der Waals surface area contributed by atoms with Crippen LogP contribution < -0.4 is 10.1 Å². The summed E-state index contributed by atoms with van der Waals surface area (Å²) in [5.74, 6) is 0.936. The molecule has 0 aliphatic carbocycles. The molecule has 1 aromatic heterocycles. The first-order valence-electron chi connectivity index (χ1n) is 7.37. The van der Waals surface area contributed by atoms with Crippen LogP contribution >= 0.6 is 11.3 Å². The molecule has 1 saturated heterocycles. The fourth-order valence-corrected chi connectivity index (χ4v) is 4.22. The van der Waals surface area contributed by atoms with Gasteiger partial charge in [-0.25, -0.2) is 4.98 Å². The van der Waals surface area contributed by atoms with Gasteiger partial charge in [-0.1, -0.05) is 13.8 Å². The van der Waals surface area contributed by atoms with Gasteiger partial charge in [-0.15, -0.1) is 11.3 Å². The minimum Gasteiger partial charge on any atom is -0.494 e. The third-order valence-electron chi connectivity index (χ3n) is 4.06. The summed E-state index contributed by atoms with van der Waals surface area (Å²) in [6.07, 6.45) is 2.51. The van der Waals surface area contributed by atoms with E-state index < -0.39 is 0 Å². The molecule has 1 atom stereocenters. The molecule has 20 heavy (non-hydrogen) atoms. The number of piperidine rings is 1. The Morgan fingerprint density at radius 1 is 1.45 bits per heavy atom. The Morgan fingerprint density at radius 2 is 2.30 bits per heavy atom. The van der Waals surface area contributed by atoms with Crippen LogP contribution in [0.4, 0.5) is 0 Å². The largest absolute Gasteiger partial charge is 0.494 e. The summed E-state index contributed by atoms with van der Waals surface area (Å²) >= 11 is 1.79. The van der Waals surface area contributed by atoms with Crippen molar-refractivity contribution in [2.75, 3.05) is 13.2 Å². The van der Waals surface area contributed by atoms with Gasteiger partial charge in [-0.2, -0.15) is 0 Å². The van der Waals surface area contributed by atoms with E-state index >= 15 is 0 Å². The molecule has 0 saturated carbocycles. The van der Waals surface area contributed by atoms with Crippen LogP contribution in [0, 0.1) is 5.41 Å². The highest BCUT2D eigenvalue weighted by molar-refractivity contribution is 7.18. The van der Waals surface area contributed by atoms with Gasteiger partial charge in [-0.05, 0) is 49.9 Å². The molecule has 0 radical (unpaired) electrons. The third kappa shape index (κ3) is 2.54. The number of aromatic nitrogens is 1. The summed E-state index contributed by atoms with van der Waals surface area (Å²) in [5, 5.41) is 4.85. The van der Waals surface area contributed by atoms with Crippen molar-refractivity contribution >= 4 is 21.6 Å². The lowest BCUT2D eigenvalue weighted by molar-refractivity contribution is 0.181. The van der Waals surface area contributed by atoms with Crippen LogP contribution in [-0.4, -0.2) is 18.1 Å². The SMILES string of the molecule is CCOc1ccc2nc(C3NCCCC3(C)C)sc2c1. The maximum absolute atomic E-state index is 5.57. The van der Waals surface area contributed by atoms with Crippen molar-refractivity contribution < 1.29 is 4.74 Å². The lowest BCUT2D eigenvalue weighted by Gasteiger charge is -2.38. The topological polar surface area (TPSA) is 34.1 Å². The number of nitrogens with zero attached hydrogens (tertiary/aromatic N) is 1. The molecule has 0 bridgehead atoms. The smallest absolute Gasteiger partial charge is 0.120 e. The highest BCUT2D eigenvalue weighted by Gasteiger charge is 2.35. The normalized spacial score (nSPS) is 22.1. The van der Waals surface area contributed by atoms with E-state index in [0.717, 1.165) is 17.8 Å². The molecule has 4 heteroatoms. The van der Waals surface area contributed by atoms with Crippen LogP contribution in [0.2, 0.25) is 0 Å². The van der Waals surface area contributed by atoms with Crippen LogP contribution in [0.15, 0.2) is 18.2 Å². The summed E-state index contributed by atoms with van der Waals surface area (Å²) in [4.78, 5) is 4.83. The number of fused-ring (bicyclic) bond motifs is 1. The zero-order valence-corrected chi connectivity index (χ0v) is 13.2. The van der Waals surface area contributed by atoms with E-state index in [1.807, 2.05) is 13.0 Å². The zero-order valence-electron chi connectivity index (χ0n) is 12.4. The van der Waals surface area contributed by atoms with Gasteiger partial charge in [0, 0.05) is 0 Å². The van der Waals surface area contributed by atoms with Crippen molar-refractivity contribution in [1.29, 1.82) is 0 Å². The van der Waals surface area contributed by atoms with Crippen molar-refractivity contribution in [2.45, 2.75) is 39.7 Å². The minimum atomic E-state index is 0.273. The van der Waals surface area contributed by atoms with E-state index in [2.05, 4.69) is 31.3 Å². The van der Waals surface area contributed by atoms with Crippen molar-refractivity contribution in [3.8, 4) is 5.75 Å². The summed E-state index contributed by atoms with van der Waals surface area (Å²) in [5.41, 5.74) is 1.35. The molecule has 1 aliphatic rings. The van der Waals surface area contributed by atoms with Gasteiger partial charge >= 0.3 is 0 Å². The van der Waals surface area contributed by atoms with Gasteiger partial charge in [-0.3, -0.25) is 0 Å². The Hall–Kier alpha value is -1.13. The van der Waals surface area contributed by atoms with E-state index in [1.165, 1.54) is 22.5 Å². The average Bonchev–Trinajstić information content (AvgIpc) is 2.81. The van der Waals surface area contributed by atoms with Gasteiger partial charge in [0.2, 0.25) is 0 Å². The molecule has 1 aromatic carbocycles. The highest BCUT2D eigenvalue weighted by Crippen LogP contribution is 2.42. The van der Waals surface area contributed by atoms with E-state index in [-0.39, 0.29) is 5.41 Å². The number of benzene rings is 1. The van der Waals surface area contributed by atoms with Crippen LogP contribution in [0.25, 0.3) is 10.2 Å². The van der Waals surface area contributed by atoms with Gasteiger partial charge < -0.3 is 10.1 Å². The van der Waals surface area contributed by atoms with Crippen LogP contribution in [0.3, 0.4) is 0 Å². The molecule has 1 N–H and O–H groups in total. The Labute approximate surface area is 124 Å². The molecule has 0 spiro atoms. The fourth-order valence-electron chi connectivity index (χ4n) is 2.94. The monoisotopic (exact) mass is 290 g/mol. The maximum atomic E-state index is 5.57. The molecular formula is C16H22N2OS. The second-order valence-electron chi connectivity index (χ2n) is 6.09. The Kier molecular flexibility index (Phi) is 3.69. The van der Waals surface area contributed by atoms with E-state index in [0.29, 0.717) is 12.6 Å². The first kappa shape index (κ1) is 13.8. The molecule has 1 fully saturated rings. The van der Waals surface area contributed by atoms with Crippen molar-refractivity contribution in [3.63, 3.8) is 0 Å². The number of hydrogen-bond acceptors (Lipinski definition) is 4. The zero-order chi connectivity index (χ0) is 14.2. The maximum Gasteiger partial charge on any atom is 0.120 e. The quantitative estimate of drug-likeness (QED) is 0.922. The predicted octanol–water partition coefficient (Wildman–Crippen LogP) is 4.15. The molecule has 0 amide bonds. The highest BCUT2D eigenvalue weighted by atomic mass is 32.1. The van der Waals surface area contributed by atoms with Gasteiger partial charge in [0.1, 0.15) is 10.8 Å². The second kappa shape index (κ2) is 5.34. The second-order valence-corrected chi connectivity index (χ2v) is 7.16. The first-order valence-corrected chi connectivity index (χ1v) is 8.18. The lowest BCUT2D eigenvalue weighted by Crippen LogP contribution is -2.39. The van der Waals surface area contributed by atoms with Gasteiger partial charge in [0.25, 0.3) is 0 Å². The molecule has 3 nitrogen and oxygen atoms in total. The van der Waals surface area contributed by atoms with E-state index in [1.54, 1.807) is 11.3 Å². The van der Waals surface area contributed by atoms with Crippen molar-refractivity contribution in [1.82, 2.24) is 10.3 Å². The summed E-state index contributed by atoms with van der Waals surface area (Å²) in [6, 6.07) is 6.55. The van der Waals surface area contributed by atoms with Crippen LogP contribution in [-0.2, 0) is 0 Å². The summed E-state index contributed by atoms with van der Waals surface area (Å²) < 4.78 is 6.79. The minimum absolute atomic E-state index is 0.273. The van der Waals surface area contributed by atoms with Crippen LogP contribution in [0.5, 0.6) is 5.75 Å². The Bertz CT molecular complexity index is 606. The number of rotatable bonds is 3. The summed E-state index contributed by atoms with van der Waals surface area (Å²) in [6.45, 7) is 8.47. The average molecular weight is 290 g/mol. The van der Waals surface area contributed by atoms with Gasteiger partial charge in [0.05, 0.1) is 22.9 Å². The molecule has 1 unspecified atom stereocenters. The van der Waals surface area contributed by atoms with Crippen molar-refractivity contribution in [2.24, 2.45) is 5.41 Å². The van der Waals surface area contributed by atoms with Crippen LogP contribution in [0.1, 0.15) is 44.7 Å². The molecule has 1 aliphatic heterocycles. The predicted molar refractivity (Wildman–Crippen MR) is 84.5 cm³/mol. The Balaban J connectivity index is 1.95. The molecule has 108 valence electrons. The van der Waals surface area contributed by atoms with E-state index in [4.69, 9.17) is 9.72 Å². The van der Waals surface area contributed by atoms with Crippen molar-refractivity contribution in [3.05, 3.63) is 23.2 Å². The molecule has 2 aromatic rings. The Morgan fingerprint density at radius 3 is 3.05 bits per heavy atom. The van der Waals surface area contributed by atoms with E-state index in [9.17, 15) is 0 Å². The standard InChI is InChI=1S/C16H22N2OS/c1-4-19-11-6-7-12-13(10-11)20-15(18-12)14-16(2,3)8-5-9-17-14/h6-7,10,14,17H,4-5,8-9H2,1-3H3. The molecule has 2 heterocycles. The molecule has 3 rings (SSSR count). The number of thiazole rings is 1. The number of hydrogen-bond donors (Lipinski definition) is 1. The lowest BCUT2D eigenvalue weighted by atomic mass is 9.78. The van der Waals surface area contributed by atoms with Gasteiger partial charge in [0.15, 0.2) is 0 Å².